The first kappa shape index (κ1) is 16.6. The predicted octanol–water partition coefficient (Wildman–Crippen LogP) is 5.19. The van der Waals surface area contributed by atoms with Crippen molar-refractivity contribution in [3.05, 3.63) is 88.6 Å². The van der Waals surface area contributed by atoms with E-state index in [9.17, 15) is 4.79 Å². The summed E-state index contributed by atoms with van der Waals surface area (Å²) in [5.41, 5.74) is 6.06. The van der Waals surface area contributed by atoms with Gasteiger partial charge in [0.25, 0.3) is 0 Å². The third-order valence-corrected chi connectivity index (χ3v) is 6.29. The Hall–Kier alpha value is -2.59. The maximum Gasteiger partial charge on any atom is 0.239 e. The van der Waals surface area contributed by atoms with Gasteiger partial charge in [-0.15, -0.1) is 0 Å². The minimum atomic E-state index is -0.0179. The molecule has 3 aliphatic rings. The van der Waals surface area contributed by atoms with Gasteiger partial charge in [0.05, 0.1) is 17.5 Å². The molecule has 1 atom stereocenters. The fraction of sp³-hybridized carbons (Fsp3) is 0.217. The van der Waals surface area contributed by atoms with Crippen molar-refractivity contribution in [2.75, 3.05) is 5.75 Å². The molecule has 1 fully saturated rings. The number of fused-ring (bicyclic) bond motifs is 1. The summed E-state index contributed by atoms with van der Waals surface area (Å²) in [7, 11) is 0. The van der Waals surface area contributed by atoms with E-state index in [-0.39, 0.29) is 11.9 Å². The van der Waals surface area contributed by atoms with Crippen molar-refractivity contribution >= 4 is 28.9 Å². The topological polar surface area (TPSA) is 32.7 Å². The normalized spacial score (nSPS) is 23.3. The average molecular weight is 372 g/mol. The summed E-state index contributed by atoms with van der Waals surface area (Å²) in [6.45, 7) is 0. The van der Waals surface area contributed by atoms with Crippen LogP contribution in [-0.4, -0.2) is 21.7 Å². The molecule has 4 heteroatoms. The highest BCUT2D eigenvalue weighted by Crippen LogP contribution is 2.47. The van der Waals surface area contributed by atoms with E-state index < -0.39 is 0 Å². The van der Waals surface area contributed by atoms with Gasteiger partial charge in [0.15, 0.2) is 5.17 Å². The summed E-state index contributed by atoms with van der Waals surface area (Å²) < 4.78 is 0. The molecule has 0 N–H and O–H groups in total. The first-order valence-corrected chi connectivity index (χ1v) is 10.4. The third kappa shape index (κ3) is 2.94. The summed E-state index contributed by atoms with van der Waals surface area (Å²) in [5, 5.41) is 0.855. The minimum absolute atomic E-state index is 0.0179. The summed E-state index contributed by atoms with van der Waals surface area (Å²) in [4.78, 5) is 19.5. The van der Waals surface area contributed by atoms with Crippen molar-refractivity contribution in [3.63, 3.8) is 0 Å². The van der Waals surface area contributed by atoms with Crippen LogP contribution >= 0.6 is 11.8 Å². The third-order valence-electron chi connectivity index (χ3n) is 5.35. The van der Waals surface area contributed by atoms with Gasteiger partial charge in [-0.05, 0) is 47.6 Å². The number of allylic oxidation sites excluding steroid dienone is 1. The van der Waals surface area contributed by atoms with E-state index >= 15 is 0 Å². The van der Waals surface area contributed by atoms with Gasteiger partial charge in [-0.3, -0.25) is 9.69 Å². The van der Waals surface area contributed by atoms with Gasteiger partial charge in [0.2, 0.25) is 5.91 Å². The molecule has 0 saturated carbocycles. The van der Waals surface area contributed by atoms with E-state index in [1.807, 2.05) is 17.0 Å². The molecule has 1 amide bonds. The zero-order valence-electron chi connectivity index (χ0n) is 15.0. The van der Waals surface area contributed by atoms with Gasteiger partial charge in [0.1, 0.15) is 0 Å². The van der Waals surface area contributed by atoms with E-state index in [4.69, 9.17) is 4.99 Å². The van der Waals surface area contributed by atoms with Crippen molar-refractivity contribution in [1.29, 1.82) is 0 Å². The van der Waals surface area contributed by atoms with Crippen LogP contribution in [0.15, 0.2) is 82.5 Å². The van der Waals surface area contributed by atoms with Crippen LogP contribution in [0.2, 0.25) is 0 Å². The summed E-state index contributed by atoms with van der Waals surface area (Å²) >= 11 is 1.56. The Balaban J connectivity index is 1.66. The molecule has 0 aromatic heterocycles. The molecule has 2 aliphatic heterocycles. The standard InChI is InChI=1S/C23H20N2OS/c26-20-15-27-23-24-21-18(14-16-8-3-1-4-9-16)12-7-13-19(21)22(25(20)23)17-10-5-2-6-11-17/h1-6,8-11,14,22H,7,12-13,15H2/b18-14+/t22-/m0/s1. The summed E-state index contributed by atoms with van der Waals surface area (Å²) in [6, 6.07) is 20.8. The van der Waals surface area contributed by atoms with Crippen LogP contribution < -0.4 is 0 Å². The SMILES string of the molecule is O=C1CSC2=NC3=C(CCC/C3=C\c3ccccc3)[C@H](c3ccccc3)N12. The first-order valence-electron chi connectivity index (χ1n) is 9.39. The lowest BCUT2D eigenvalue weighted by Gasteiger charge is -2.37. The number of aliphatic imine (C=N–C) groups is 1. The van der Waals surface area contributed by atoms with Crippen LogP contribution in [-0.2, 0) is 4.79 Å². The number of benzene rings is 2. The fourth-order valence-electron chi connectivity index (χ4n) is 4.16. The van der Waals surface area contributed by atoms with Gasteiger partial charge in [0, 0.05) is 0 Å². The molecule has 0 bridgehead atoms. The highest BCUT2D eigenvalue weighted by atomic mass is 32.2. The second-order valence-electron chi connectivity index (χ2n) is 7.07. The molecule has 2 aromatic carbocycles. The Morgan fingerprint density at radius 1 is 1.00 bits per heavy atom. The predicted molar refractivity (Wildman–Crippen MR) is 111 cm³/mol. The zero-order valence-corrected chi connectivity index (χ0v) is 15.8. The van der Waals surface area contributed by atoms with Crippen LogP contribution in [0.3, 0.4) is 0 Å². The molecule has 2 heterocycles. The van der Waals surface area contributed by atoms with E-state index in [1.54, 1.807) is 11.8 Å². The molecule has 0 unspecified atom stereocenters. The second kappa shape index (κ2) is 6.86. The van der Waals surface area contributed by atoms with Crippen molar-refractivity contribution in [2.24, 2.45) is 4.99 Å². The number of carbonyl (C=O) groups is 1. The molecule has 134 valence electrons. The molecule has 5 rings (SSSR count). The van der Waals surface area contributed by atoms with E-state index in [1.165, 1.54) is 22.3 Å². The Kier molecular flexibility index (Phi) is 4.21. The van der Waals surface area contributed by atoms with Crippen LogP contribution in [0.5, 0.6) is 0 Å². The number of amidine groups is 1. The van der Waals surface area contributed by atoms with Crippen molar-refractivity contribution in [3.8, 4) is 0 Å². The average Bonchev–Trinajstić information content (AvgIpc) is 3.09. The lowest BCUT2D eigenvalue weighted by Crippen LogP contribution is -2.38. The van der Waals surface area contributed by atoms with Gasteiger partial charge in [-0.1, -0.05) is 72.4 Å². The maximum absolute atomic E-state index is 12.6. The zero-order chi connectivity index (χ0) is 18.2. The molecule has 1 saturated heterocycles. The Labute approximate surface area is 163 Å². The van der Waals surface area contributed by atoms with Crippen LogP contribution in [0.1, 0.15) is 36.4 Å². The molecule has 0 radical (unpaired) electrons. The molecule has 1 aliphatic carbocycles. The Bertz CT molecular complexity index is 976. The number of amides is 1. The minimum Gasteiger partial charge on any atom is -0.279 e. The van der Waals surface area contributed by atoms with E-state index in [0.29, 0.717) is 5.75 Å². The first-order chi connectivity index (χ1) is 13.3. The molecule has 3 nitrogen and oxygen atoms in total. The van der Waals surface area contributed by atoms with Gasteiger partial charge in [-0.2, -0.15) is 0 Å². The van der Waals surface area contributed by atoms with Crippen molar-refractivity contribution in [2.45, 2.75) is 25.3 Å². The highest BCUT2D eigenvalue weighted by molar-refractivity contribution is 8.15. The lowest BCUT2D eigenvalue weighted by molar-refractivity contribution is -0.125. The molecule has 2 aromatic rings. The number of rotatable bonds is 2. The summed E-state index contributed by atoms with van der Waals surface area (Å²) in [6.07, 6.45) is 5.38. The van der Waals surface area contributed by atoms with E-state index in [2.05, 4.69) is 54.6 Å². The van der Waals surface area contributed by atoms with Crippen LogP contribution in [0.4, 0.5) is 0 Å². The molecular weight excluding hydrogens is 352 g/mol. The largest absolute Gasteiger partial charge is 0.279 e. The number of thioether (sulfide) groups is 1. The Morgan fingerprint density at radius 2 is 1.74 bits per heavy atom. The molecule has 27 heavy (non-hydrogen) atoms. The second-order valence-corrected chi connectivity index (χ2v) is 8.01. The number of carbonyl (C=O) groups excluding carboxylic acids is 1. The quantitative estimate of drug-likeness (QED) is 0.726. The molecule has 0 spiro atoms. The van der Waals surface area contributed by atoms with Crippen molar-refractivity contribution < 1.29 is 4.79 Å². The lowest BCUT2D eigenvalue weighted by atomic mass is 9.83. The monoisotopic (exact) mass is 372 g/mol. The highest BCUT2D eigenvalue weighted by Gasteiger charge is 2.42. The summed E-state index contributed by atoms with van der Waals surface area (Å²) in [5.74, 6) is 0.652. The van der Waals surface area contributed by atoms with Crippen LogP contribution in [0, 0.1) is 0 Å². The fourth-order valence-corrected chi connectivity index (χ4v) is 5.06. The smallest absolute Gasteiger partial charge is 0.239 e. The van der Waals surface area contributed by atoms with Gasteiger partial charge >= 0.3 is 0 Å². The van der Waals surface area contributed by atoms with E-state index in [0.717, 1.165) is 30.1 Å². The molecular formula is C23H20N2OS. The van der Waals surface area contributed by atoms with Crippen LogP contribution in [0.25, 0.3) is 6.08 Å². The van der Waals surface area contributed by atoms with Gasteiger partial charge < -0.3 is 0 Å². The number of nitrogens with zero attached hydrogens (tertiary/aromatic N) is 2. The maximum atomic E-state index is 12.6. The number of hydrogen-bond acceptors (Lipinski definition) is 3. The van der Waals surface area contributed by atoms with Gasteiger partial charge in [-0.25, -0.2) is 4.99 Å². The number of hydrogen-bond donors (Lipinski definition) is 0. The van der Waals surface area contributed by atoms with Crippen molar-refractivity contribution in [1.82, 2.24) is 4.90 Å². The Morgan fingerprint density at radius 3 is 2.52 bits per heavy atom.